The molecule has 2 amide bonds. The lowest BCUT2D eigenvalue weighted by Crippen LogP contribution is -2.48. The summed E-state index contributed by atoms with van der Waals surface area (Å²) in [6, 6.07) is 6.94. The van der Waals surface area contributed by atoms with Gasteiger partial charge in [0.1, 0.15) is 6.61 Å². The van der Waals surface area contributed by atoms with E-state index < -0.39 is 0 Å². The summed E-state index contributed by atoms with van der Waals surface area (Å²) in [6.45, 7) is 5.22. The van der Waals surface area contributed by atoms with Gasteiger partial charge in [-0.1, -0.05) is 32.1 Å². The van der Waals surface area contributed by atoms with Gasteiger partial charge in [0.05, 0.1) is 12.1 Å². The van der Waals surface area contributed by atoms with Crippen molar-refractivity contribution in [3.8, 4) is 0 Å². The Bertz CT molecular complexity index is 805. The maximum absolute atomic E-state index is 12.4. The average molecular weight is 367 g/mol. The molecular weight excluding hydrogens is 342 g/mol. The standard InChI is InChI=1S/C22H25NO4/c1-22(2)17-8-7-16(18(22)11-17)13-27-21(26)15-5-3-14(4-6-15)12-23-19(24)9-10-20(23)25/h3-7,17-18H,8-13H2,1-2H3/t17-,18-/m0/s1. The van der Waals surface area contributed by atoms with Gasteiger partial charge in [-0.15, -0.1) is 0 Å². The number of fused-ring (bicyclic) bond motifs is 1. The number of esters is 1. The van der Waals surface area contributed by atoms with Gasteiger partial charge in [0, 0.05) is 12.8 Å². The Hall–Kier alpha value is -2.43. The van der Waals surface area contributed by atoms with Crippen LogP contribution in [0.3, 0.4) is 0 Å². The number of hydrogen-bond acceptors (Lipinski definition) is 4. The minimum absolute atomic E-state index is 0.134. The summed E-state index contributed by atoms with van der Waals surface area (Å²) in [5.74, 6) is 0.691. The van der Waals surface area contributed by atoms with Gasteiger partial charge >= 0.3 is 5.97 Å². The van der Waals surface area contributed by atoms with E-state index >= 15 is 0 Å². The van der Waals surface area contributed by atoms with Crippen LogP contribution in [0.1, 0.15) is 55.5 Å². The van der Waals surface area contributed by atoms with E-state index in [2.05, 4.69) is 19.9 Å². The minimum Gasteiger partial charge on any atom is -0.458 e. The number of carbonyl (C=O) groups is 3. The topological polar surface area (TPSA) is 63.7 Å². The van der Waals surface area contributed by atoms with E-state index in [1.807, 2.05) is 0 Å². The molecule has 3 aliphatic carbocycles. The summed E-state index contributed by atoms with van der Waals surface area (Å²) in [6.07, 6.45) is 5.11. The molecule has 2 atom stereocenters. The number of nitrogens with zero attached hydrogens (tertiary/aromatic N) is 1. The predicted octanol–water partition coefficient (Wildman–Crippen LogP) is 3.48. The number of carbonyl (C=O) groups excluding carboxylic acids is 3. The predicted molar refractivity (Wildman–Crippen MR) is 99.6 cm³/mol. The van der Waals surface area contributed by atoms with Crippen LogP contribution < -0.4 is 0 Å². The second-order valence-electron chi connectivity index (χ2n) is 8.47. The first-order chi connectivity index (χ1) is 12.9. The number of rotatable bonds is 5. The fraction of sp³-hybridized carbons (Fsp3) is 0.500. The van der Waals surface area contributed by atoms with Gasteiger partial charge in [0.25, 0.3) is 0 Å². The summed E-state index contributed by atoms with van der Waals surface area (Å²) in [5.41, 5.74) is 2.88. The highest BCUT2D eigenvalue weighted by Gasteiger charge is 2.51. The molecule has 4 aliphatic rings. The number of hydrogen-bond donors (Lipinski definition) is 0. The molecule has 1 aliphatic heterocycles. The minimum atomic E-state index is -0.338. The van der Waals surface area contributed by atoms with Crippen molar-refractivity contribution in [2.45, 2.75) is 46.1 Å². The molecule has 142 valence electrons. The maximum atomic E-state index is 12.4. The van der Waals surface area contributed by atoms with Crippen LogP contribution in [0.2, 0.25) is 0 Å². The fourth-order valence-corrected chi connectivity index (χ4v) is 4.60. The normalized spacial score (nSPS) is 25.9. The van der Waals surface area contributed by atoms with Crippen LogP contribution in [0, 0.1) is 17.3 Å². The number of allylic oxidation sites excluding steroid dienone is 1. The Morgan fingerprint density at radius 1 is 1.15 bits per heavy atom. The number of amides is 2. The summed E-state index contributed by atoms with van der Waals surface area (Å²) < 4.78 is 5.54. The molecule has 0 unspecified atom stereocenters. The molecular formula is C22H25NO4. The van der Waals surface area contributed by atoms with Gasteiger partial charge in [-0.05, 0) is 53.4 Å². The molecule has 0 N–H and O–H groups in total. The van der Waals surface area contributed by atoms with Crippen LogP contribution in [0.25, 0.3) is 0 Å². The molecule has 5 nitrogen and oxygen atoms in total. The van der Waals surface area contributed by atoms with Crippen molar-refractivity contribution in [2.24, 2.45) is 17.3 Å². The molecule has 0 aromatic heterocycles. The van der Waals surface area contributed by atoms with E-state index in [9.17, 15) is 14.4 Å². The molecule has 1 aromatic rings. The third-order valence-corrected chi connectivity index (χ3v) is 6.64. The summed E-state index contributed by atoms with van der Waals surface area (Å²) in [7, 11) is 0. The molecule has 0 spiro atoms. The van der Waals surface area contributed by atoms with E-state index in [1.54, 1.807) is 24.3 Å². The monoisotopic (exact) mass is 367 g/mol. The summed E-state index contributed by atoms with van der Waals surface area (Å²) in [5, 5.41) is 0. The second kappa shape index (κ2) is 6.63. The zero-order valence-electron chi connectivity index (χ0n) is 15.9. The van der Waals surface area contributed by atoms with Gasteiger partial charge in [0.15, 0.2) is 0 Å². The number of benzene rings is 1. The quantitative estimate of drug-likeness (QED) is 0.454. The van der Waals surface area contributed by atoms with E-state index in [0.29, 0.717) is 23.5 Å². The molecule has 27 heavy (non-hydrogen) atoms. The zero-order chi connectivity index (χ0) is 19.2. The van der Waals surface area contributed by atoms with Crippen LogP contribution in [-0.2, 0) is 20.9 Å². The third-order valence-electron chi connectivity index (χ3n) is 6.64. The van der Waals surface area contributed by atoms with Crippen LogP contribution in [0.4, 0.5) is 0 Å². The van der Waals surface area contributed by atoms with Crippen molar-refractivity contribution in [3.05, 3.63) is 47.0 Å². The van der Waals surface area contributed by atoms with Crippen LogP contribution in [-0.4, -0.2) is 29.3 Å². The Morgan fingerprint density at radius 3 is 2.41 bits per heavy atom. The van der Waals surface area contributed by atoms with Gasteiger partial charge in [0.2, 0.25) is 11.8 Å². The molecule has 2 bridgehead atoms. The van der Waals surface area contributed by atoms with E-state index in [0.717, 1.165) is 17.9 Å². The first-order valence-electron chi connectivity index (χ1n) is 9.64. The van der Waals surface area contributed by atoms with Crippen molar-refractivity contribution < 1.29 is 19.1 Å². The van der Waals surface area contributed by atoms with Gasteiger partial charge < -0.3 is 4.74 Å². The highest BCUT2D eigenvalue weighted by Crippen LogP contribution is 2.59. The lowest BCUT2D eigenvalue weighted by Gasteiger charge is -2.56. The molecule has 0 radical (unpaired) electrons. The number of ether oxygens (including phenoxy) is 1. The van der Waals surface area contributed by atoms with Crippen molar-refractivity contribution in [1.82, 2.24) is 4.90 Å². The fourth-order valence-electron chi connectivity index (χ4n) is 4.60. The van der Waals surface area contributed by atoms with Crippen LogP contribution >= 0.6 is 0 Å². The van der Waals surface area contributed by atoms with Gasteiger partial charge in [-0.3, -0.25) is 14.5 Å². The summed E-state index contributed by atoms with van der Waals surface area (Å²) in [4.78, 5) is 37.0. The van der Waals surface area contributed by atoms with Crippen molar-refractivity contribution >= 4 is 17.8 Å². The Balaban J connectivity index is 1.34. The highest BCUT2D eigenvalue weighted by molar-refractivity contribution is 6.01. The molecule has 2 fully saturated rings. The smallest absolute Gasteiger partial charge is 0.338 e. The lowest BCUT2D eigenvalue weighted by atomic mass is 9.49. The van der Waals surface area contributed by atoms with Gasteiger partial charge in [-0.2, -0.15) is 0 Å². The summed E-state index contributed by atoms with van der Waals surface area (Å²) >= 11 is 0. The van der Waals surface area contributed by atoms with Crippen molar-refractivity contribution in [3.63, 3.8) is 0 Å². The Morgan fingerprint density at radius 2 is 1.81 bits per heavy atom. The molecule has 5 rings (SSSR count). The number of imide groups is 1. The molecule has 1 aromatic carbocycles. The molecule has 1 saturated carbocycles. The van der Waals surface area contributed by atoms with Crippen LogP contribution in [0.5, 0.6) is 0 Å². The third kappa shape index (κ3) is 3.20. The Kier molecular flexibility index (Phi) is 4.41. The first kappa shape index (κ1) is 18.0. The van der Waals surface area contributed by atoms with Crippen molar-refractivity contribution in [2.75, 3.05) is 6.61 Å². The molecule has 5 heteroatoms. The second-order valence-corrected chi connectivity index (χ2v) is 8.47. The van der Waals surface area contributed by atoms with Crippen molar-refractivity contribution in [1.29, 1.82) is 0 Å². The Labute approximate surface area is 159 Å². The maximum Gasteiger partial charge on any atom is 0.338 e. The zero-order valence-corrected chi connectivity index (χ0v) is 15.9. The van der Waals surface area contributed by atoms with E-state index in [4.69, 9.17) is 4.74 Å². The van der Waals surface area contributed by atoms with Crippen LogP contribution in [0.15, 0.2) is 35.9 Å². The van der Waals surface area contributed by atoms with E-state index in [-0.39, 0.29) is 37.2 Å². The molecule has 1 heterocycles. The largest absolute Gasteiger partial charge is 0.458 e. The highest BCUT2D eigenvalue weighted by atomic mass is 16.5. The first-order valence-corrected chi connectivity index (χ1v) is 9.64. The lowest BCUT2D eigenvalue weighted by molar-refractivity contribution is -0.139. The SMILES string of the molecule is CC1(C)[C@H]2CC=C(COC(=O)c3ccc(CN4C(=O)CCC4=O)cc3)[C@@H]1C2. The van der Waals surface area contributed by atoms with E-state index in [1.165, 1.54) is 16.9 Å². The number of likely N-dealkylation sites (tertiary alicyclic amines) is 1. The average Bonchev–Trinajstić information content (AvgIpc) is 2.98. The molecule has 1 saturated heterocycles. The van der Waals surface area contributed by atoms with Gasteiger partial charge in [-0.25, -0.2) is 4.79 Å².